The maximum atomic E-state index is 12.7. The van der Waals surface area contributed by atoms with Gasteiger partial charge < -0.3 is 9.67 Å². The molecule has 154 valence electrons. The first kappa shape index (κ1) is 20.9. The van der Waals surface area contributed by atoms with Gasteiger partial charge in [-0.2, -0.15) is 8.42 Å². The molecule has 1 aliphatic rings. The topological polar surface area (TPSA) is 132 Å². The second-order valence-corrected chi connectivity index (χ2v) is 8.79. The van der Waals surface area contributed by atoms with Crippen LogP contribution in [-0.2, 0) is 14.8 Å². The van der Waals surface area contributed by atoms with Crippen LogP contribution in [0.25, 0.3) is 0 Å². The first-order chi connectivity index (χ1) is 13.6. The molecule has 0 bridgehead atoms. The number of rotatable bonds is 6. The standard InChI is InChI=1S/C19H21N3O6S/c1-12-3-6-17(7-4-12)29(27,28)20-18-8-5-15(22(25)26)11-21(18)13(2)19(24)14-9-16(23)10-14/h3-8,11,13-14,16,23H,9-10H2,1-2H3/b20-18+. The van der Waals surface area contributed by atoms with E-state index in [0.29, 0.717) is 12.8 Å². The third-order valence-electron chi connectivity index (χ3n) is 5.03. The van der Waals surface area contributed by atoms with Crippen LogP contribution in [0.1, 0.15) is 31.4 Å². The van der Waals surface area contributed by atoms with Crippen molar-refractivity contribution < 1.29 is 23.2 Å². The normalized spacial score (nSPS) is 20.7. The van der Waals surface area contributed by atoms with Gasteiger partial charge in [0.05, 0.1) is 28.2 Å². The summed E-state index contributed by atoms with van der Waals surface area (Å²) in [4.78, 5) is 23.2. The average molecular weight is 419 g/mol. The number of ketones is 1. The summed E-state index contributed by atoms with van der Waals surface area (Å²) in [6.07, 6.45) is 1.23. The summed E-state index contributed by atoms with van der Waals surface area (Å²) in [5.74, 6) is -0.599. The number of aliphatic hydroxyl groups excluding tert-OH is 1. The molecule has 0 radical (unpaired) electrons. The van der Waals surface area contributed by atoms with Crippen molar-refractivity contribution in [3.8, 4) is 0 Å². The molecule has 0 saturated heterocycles. The molecule has 1 aromatic heterocycles. The zero-order valence-corrected chi connectivity index (χ0v) is 16.7. The summed E-state index contributed by atoms with van der Waals surface area (Å²) >= 11 is 0. The van der Waals surface area contributed by atoms with Gasteiger partial charge in [-0.25, -0.2) is 0 Å². The summed E-state index contributed by atoms with van der Waals surface area (Å²) in [6, 6.07) is 7.61. The van der Waals surface area contributed by atoms with Gasteiger partial charge in [-0.15, -0.1) is 4.40 Å². The number of sulfonamides is 1. The van der Waals surface area contributed by atoms with Gasteiger partial charge >= 0.3 is 0 Å². The van der Waals surface area contributed by atoms with Gasteiger partial charge in [0.2, 0.25) is 0 Å². The number of hydrogen-bond acceptors (Lipinski definition) is 6. The molecule has 29 heavy (non-hydrogen) atoms. The van der Waals surface area contributed by atoms with Crippen LogP contribution in [-0.4, -0.2) is 34.9 Å². The van der Waals surface area contributed by atoms with E-state index in [9.17, 15) is 28.4 Å². The van der Waals surface area contributed by atoms with Crippen LogP contribution >= 0.6 is 0 Å². The highest BCUT2D eigenvalue weighted by Crippen LogP contribution is 2.31. The highest BCUT2D eigenvalue weighted by molar-refractivity contribution is 7.90. The largest absolute Gasteiger partial charge is 0.393 e. The number of aliphatic hydroxyl groups is 1. The molecule has 1 atom stereocenters. The van der Waals surface area contributed by atoms with Gasteiger partial charge in [0.15, 0.2) is 5.78 Å². The molecule has 1 fully saturated rings. The molecule has 3 rings (SSSR count). The molecule has 1 unspecified atom stereocenters. The van der Waals surface area contributed by atoms with E-state index < -0.39 is 27.1 Å². The monoisotopic (exact) mass is 419 g/mol. The smallest absolute Gasteiger partial charge is 0.285 e. The molecule has 10 heteroatoms. The van der Waals surface area contributed by atoms with E-state index in [1.165, 1.54) is 29.7 Å². The van der Waals surface area contributed by atoms with Crippen molar-refractivity contribution >= 4 is 21.5 Å². The predicted octanol–water partition coefficient (Wildman–Crippen LogP) is 1.90. The SMILES string of the molecule is Cc1ccc(S(=O)(=O)/N=c2\ccc([N+](=O)[O-])cn2C(C)C(=O)C2CC(O)C2)cc1. The number of aryl methyl sites for hydroxylation is 1. The van der Waals surface area contributed by atoms with Crippen LogP contribution in [0, 0.1) is 23.0 Å². The van der Waals surface area contributed by atoms with Crippen LogP contribution in [0.5, 0.6) is 0 Å². The van der Waals surface area contributed by atoms with E-state index in [-0.39, 0.29) is 27.8 Å². The van der Waals surface area contributed by atoms with Crippen molar-refractivity contribution in [1.29, 1.82) is 0 Å². The van der Waals surface area contributed by atoms with Crippen molar-refractivity contribution in [2.24, 2.45) is 10.3 Å². The number of pyridine rings is 1. The number of aromatic nitrogens is 1. The quantitative estimate of drug-likeness (QED) is 0.562. The Hall–Kier alpha value is -2.85. The van der Waals surface area contributed by atoms with Gasteiger partial charge in [-0.1, -0.05) is 17.7 Å². The minimum atomic E-state index is -4.08. The fourth-order valence-electron chi connectivity index (χ4n) is 3.18. The molecule has 1 saturated carbocycles. The first-order valence-corrected chi connectivity index (χ1v) is 10.5. The first-order valence-electron chi connectivity index (χ1n) is 9.04. The van der Waals surface area contributed by atoms with E-state index in [1.807, 2.05) is 6.92 Å². The molecule has 1 N–H and O–H groups in total. The Labute approximate surface area is 167 Å². The molecule has 2 aromatic rings. The summed E-state index contributed by atoms with van der Waals surface area (Å²) < 4.78 is 30.4. The van der Waals surface area contributed by atoms with E-state index in [4.69, 9.17) is 0 Å². The zero-order valence-electron chi connectivity index (χ0n) is 15.9. The maximum absolute atomic E-state index is 12.7. The van der Waals surface area contributed by atoms with Gasteiger partial charge in [0, 0.05) is 12.0 Å². The number of carbonyl (C=O) groups excluding carboxylic acids is 1. The minimum Gasteiger partial charge on any atom is -0.393 e. The molecule has 0 amide bonds. The Bertz CT molecular complexity index is 1120. The lowest BCUT2D eigenvalue weighted by Crippen LogP contribution is -2.39. The third kappa shape index (κ3) is 4.43. The van der Waals surface area contributed by atoms with Crippen LogP contribution in [0.2, 0.25) is 0 Å². The van der Waals surface area contributed by atoms with E-state index in [0.717, 1.165) is 17.8 Å². The predicted molar refractivity (Wildman–Crippen MR) is 103 cm³/mol. The van der Waals surface area contributed by atoms with Crippen LogP contribution < -0.4 is 5.49 Å². The molecule has 1 heterocycles. The van der Waals surface area contributed by atoms with Crippen molar-refractivity contribution in [3.05, 3.63) is 63.8 Å². The molecule has 0 spiro atoms. The highest BCUT2D eigenvalue weighted by Gasteiger charge is 2.36. The second kappa shape index (κ2) is 7.88. The van der Waals surface area contributed by atoms with E-state index in [2.05, 4.69) is 4.40 Å². The van der Waals surface area contributed by atoms with Gasteiger partial charge in [-0.05, 0) is 44.9 Å². The van der Waals surface area contributed by atoms with Crippen molar-refractivity contribution in [1.82, 2.24) is 4.57 Å². The van der Waals surface area contributed by atoms with Crippen molar-refractivity contribution in [3.63, 3.8) is 0 Å². The van der Waals surface area contributed by atoms with Crippen molar-refractivity contribution in [2.45, 2.75) is 43.7 Å². The Morgan fingerprint density at radius 2 is 1.86 bits per heavy atom. The Morgan fingerprint density at radius 1 is 1.24 bits per heavy atom. The lowest BCUT2D eigenvalue weighted by atomic mass is 9.77. The molecule has 0 aliphatic heterocycles. The van der Waals surface area contributed by atoms with Crippen molar-refractivity contribution in [2.75, 3.05) is 0 Å². The Balaban J connectivity index is 2.08. The molecule has 1 aromatic carbocycles. The highest BCUT2D eigenvalue weighted by atomic mass is 32.2. The fraction of sp³-hybridized carbons (Fsp3) is 0.368. The minimum absolute atomic E-state index is 0.0194. The average Bonchev–Trinajstić information content (AvgIpc) is 2.64. The molecular weight excluding hydrogens is 398 g/mol. The van der Waals surface area contributed by atoms with Crippen LogP contribution in [0.15, 0.2) is 51.9 Å². The number of hydrogen-bond donors (Lipinski definition) is 1. The van der Waals surface area contributed by atoms with Crippen LogP contribution in [0.3, 0.4) is 0 Å². The van der Waals surface area contributed by atoms with Gasteiger partial charge in [0.25, 0.3) is 15.7 Å². The molecule has 9 nitrogen and oxygen atoms in total. The molecule has 1 aliphatic carbocycles. The maximum Gasteiger partial charge on any atom is 0.285 e. The number of carbonyl (C=O) groups is 1. The van der Waals surface area contributed by atoms with Crippen LogP contribution in [0.4, 0.5) is 5.69 Å². The fourth-order valence-corrected chi connectivity index (χ4v) is 4.16. The third-order valence-corrected chi connectivity index (χ3v) is 6.32. The number of nitro groups is 1. The number of benzene rings is 1. The van der Waals surface area contributed by atoms with E-state index in [1.54, 1.807) is 12.1 Å². The summed E-state index contributed by atoms with van der Waals surface area (Å²) in [5, 5.41) is 20.6. The lowest BCUT2D eigenvalue weighted by Gasteiger charge is -2.32. The number of Topliss-reactive ketones (excluding diaryl/α,β-unsaturated/α-hetero) is 1. The Kier molecular flexibility index (Phi) is 5.67. The summed E-state index contributed by atoms with van der Waals surface area (Å²) in [7, 11) is -4.08. The van der Waals surface area contributed by atoms with E-state index >= 15 is 0 Å². The zero-order chi connectivity index (χ0) is 21.3. The summed E-state index contributed by atoms with van der Waals surface area (Å²) in [6.45, 7) is 3.36. The number of nitrogens with zero attached hydrogens (tertiary/aromatic N) is 3. The lowest BCUT2D eigenvalue weighted by molar-refractivity contribution is -0.385. The summed E-state index contributed by atoms with van der Waals surface area (Å²) in [5.41, 5.74) is 0.512. The van der Waals surface area contributed by atoms with Gasteiger partial charge in [-0.3, -0.25) is 14.9 Å². The van der Waals surface area contributed by atoms with Gasteiger partial charge in [0.1, 0.15) is 5.49 Å². The Morgan fingerprint density at radius 3 is 2.41 bits per heavy atom. The molecular formula is C19H21N3O6S. The second-order valence-electron chi connectivity index (χ2n) is 7.19.